The zero-order valence-corrected chi connectivity index (χ0v) is 14.9. The fourth-order valence-electron chi connectivity index (χ4n) is 4.72. The first-order chi connectivity index (χ1) is 11.6. The van der Waals surface area contributed by atoms with Crippen LogP contribution in [-0.4, -0.2) is 30.3 Å². The fraction of sp³-hybridized carbons (Fsp3) is 0.667. The molecule has 1 unspecified atom stereocenters. The summed E-state index contributed by atoms with van der Waals surface area (Å²) in [6.45, 7) is 5.81. The quantitative estimate of drug-likeness (QED) is 0.701. The Hall–Kier alpha value is -1.22. The number of ketones is 1. The van der Waals surface area contributed by atoms with E-state index in [0.29, 0.717) is 17.4 Å². The van der Waals surface area contributed by atoms with Gasteiger partial charge in [-0.2, -0.15) is 0 Å². The van der Waals surface area contributed by atoms with Crippen molar-refractivity contribution in [3.8, 4) is 0 Å². The lowest BCUT2D eigenvalue weighted by molar-refractivity contribution is 0.0482. The Morgan fingerprint density at radius 1 is 1.21 bits per heavy atom. The van der Waals surface area contributed by atoms with E-state index in [-0.39, 0.29) is 11.6 Å². The van der Waals surface area contributed by atoms with E-state index in [4.69, 9.17) is 0 Å². The lowest BCUT2D eigenvalue weighted by Crippen LogP contribution is -2.42. The Morgan fingerprint density at radius 2 is 1.92 bits per heavy atom. The molecule has 1 aromatic carbocycles. The van der Waals surface area contributed by atoms with Crippen LogP contribution in [0.25, 0.3) is 0 Å². The molecule has 24 heavy (non-hydrogen) atoms. The summed E-state index contributed by atoms with van der Waals surface area (Å²) >= 11 is 0. The van der Waals surface area contributed by atoms with Crippen molar-refractivity contribution >= 4 is 5.78 Å². The molecule has 1 spiro atoms. The molecule has 2 nitrogen and oxygen atoms in total. The predicted octanol–water partition coefficient (Wildman–Crippen LogP) is 5.08. The van der Waals surface area contributed by atoms with Crippen LogP contribution in [0, 0.1) is 17.2 Å². The maximum absolute atomic E-state index is 12.9. The Morgan fingerprint density at radius 3 is 2.58 bits per heavy atom. The number of rotatable bonds is 5. The van der Waals surface area contributed by atoms with Crippen molar-refractivity contribution in [1.29, 1.82) is 0 Å². The minimum absolute atomic E-state index is 0.129. The van der Waals surface area contributed by atoms with E-state index in [0.717, 1.165) is 18.9 Å². The summed E-state index contributed by atoms with van der Waals surface area (Å²) < 4.78 is 12.9. The van der Waals surface area contributed by atoms with E-state index in [9.17, 15) is 9.18 Å². The van der Waals surface area contributed by atoms with Crippen molar-refractivity contribution in [2.75, 3.05) is 19.6 Å². The second-order valence-electron chi connectivity index (χ2n) is 8.08. The third-order valence-electron chi connectivity index (χ3n) is 6.15. The summed E-state index contributed by atoms with van der Waals surface area (Å²) in [4.78, 5) is 14.7. The fourth-order valence-corrected chi connectivity index (χ4v) is 4.72. The molecule has 1 aliphatic carbocycles. The molecule has 0 N–H and O–H groups in total. The van der Waals surface area contributed by atoms with Gasteiger partial charge in [0, 0.05) is 12.0 Å². The Kier molecular flexibility index (Phi) is 5.70. The number of carbonyl (C=O) groups is 1. The highest BCUT2D eigenvalue weighted by Crippen LogP contribution is 2.46. The van der Waals surface area contributed by atoms with Crippen molar-refractivity contribution in [3.05, 3.63) is 35.6 Å². The van der Waals surface area contributed by atoms with Crippen molar-refractivity contribution in [2.24, 2.45) is 11.3 Å². The van der Waals surface area contributed by atoms with Gasteiger partial charge in [0.15, 0.2) is 5.78 Å². The molecule has 1 aromatic rings. The molecule has 3 heteroatoms. The molecule has 3 rings (SSSR count). The summed E-state index contributed by atoms with van der Waals surface area (Å²) in [5.74, 6) is 0.744. The number of carbonyl (C=O) groups excluding carboxylic acids is 1. The number of nitrogens with zero attached hydrogens (tertiary/aromatic N) is 1. The van der Waals surface area contributed by atoms with Crippen LogP contribution >= 0.6 is 0 Å². The van der Waals surface area contributed by atoms with Crippen molar-refractivity contribution < 1.29 is 9.18 Å². The van der Waals surface area contributed by atoms with Gasteiger partial charge in [0.2, 0.25) is 0 Å². The van der Waals surface area contributed by atoms with Gasteiger partial charge < -0.3 is 4.90 Å². The SMILES string of the molecule is CC1CCCC2(CCN(CCCC(=O)c3ccc(F)cc3)CC2)C1. The van der Waals surface area contributed by atoms with Crippen molar-refractivity contribution in [1.82, 2.24) is 4.90 Å². The van der Waals surface area contributed by atoms with E-state index in [1.54, 1.807) is 12.1 Å². The third kappa shape index (κ3) is 4.44. The number of hydrogen-bond donors (Lipinski definition) is 0. The molecule has 1 saturated carbocycles. The number of piperidine rings is 1. The lowest BCUT2D eigenvalue weighted by atomic mass is 9.65. The zero-order chi connectivity index (χ0) is 17.0. The van der Waals surface area contributed by atoms with E-state index in [2.05, 4.69) is 11.8 Å². The topological polar surface area (TPSA) is 20.3 Å². The minimum atomic E-state index is -0.286. The van der Waals surface area contributed by atoms with Gasteiger partial charge in [-0.3, -0.25) is 4.79 Å². The standard InChI is InChI=1S/C21H30FNO/c1-17-4-2-10-21(16-17)11-14-23(15-12-21)13-3-5-20(24)18-6-8-19(22)9-7-18/h6-9,17H,2-5,10-16H2,1H3. The largest absolute Gasteiger partial charge is 0.303 e. The number of Topliss-reactive ketones (excluding diaryl/α,β-unsaturated/α-hetero) is 1. The molecule has 132 valence electrons. The maximum Gasteiger partial charge on any atom is 0.162 e. The van der Waals surface area contributed by atoms with Crippen molar-refractivity contribution in [3.63, 3.8) is 0 Å². The van der Waals surface area contributed by atoms with Crippen LogP contribution in [0.15, 0.2) is 24.3 Å². The van der Waals surface area contributed by atoms with E-state index < -0.39 is 0 Å². The predicted molar refractivity (Wildman–Crippen MR) is 95.7 cm³/mol. The number of likely N-dealkylation sites (tertiary alicyclic amines) is 1. The monoisotopic (exact) mass is 331 g/mol. The second kappa shape index (κ2) is 7.77. The average molecular weight is 331 g/mol. The molecule has 1 aliphatic heterocycles. The number of benzene rings is 1. The smallest absolute Gasteiger partial charge is 0.162 e. The summed E-state index contributed by atoms with van der Waals surface area (Å²) in [5, 5.41) is 0. The molecule has 2 aliphatic rings. The second-order valence-corrected chi connectivity index (χ2v) is 8.08. The minimum Gasteiger partial charge on any atom is -0.303 e. The van der Waals surface area contributed by atoms with Crippen LogP contribution in [0.5, 0.6) is 0 Å². The van der Waals surface area contributed by atoms with E-state index in [1.165, 1.54) is 63.7 Å². The zero-order valence-electron chi connectivity index (χ0n) is 14.9. The molecule has 0 amide bonds. The number of hydrogen-bond acceptors (Lipinski definition) is 2. The van der Waals surface area contributed by atoms with Gasteiger partial charge in [-0.15, -0.1) is 0 Å². The molecule has 1 saturated heterocycles. The van der Waals surface area contributed by atoms with Crippen LogP contribution in [0.4, 0.5) is 4.39 Å². The summed E-state index contributed by atoms with van der Waals surface area (Å²) in [6.07, 6.45) is 9.80. The Balaban J connectivity index is 1.39. The van der Waals surface area contributed by atoms with Crippen LogP contribution in [0.3, 0.4) is 0 Å². The van der Waals surface area contributed by atoms with Gasteiger partial charge in [0.25, 0.3) is 0 Å². The maximum atomic E-state index is 12.9. The van der Waals surface area contributed by atoms with E-state index in [1.807, 2.05) is 0 Å². The van der Waals surface area contributed by atoms with Gasteiger partial charge >= 0.3 is 0 Å². The first-order valence-electron chi connectivity index (χ1n) is 9.57. The van der Waals surface area contributed by atoms with Crippen LogP contribution in [-0.2, 0) is 0 Å². The summed E-state index contributed by atoms with van der Waals surface area (Å²) in [5.41, 5.74) is 1.25. The Labute approximate surface area is 145 Å². The lowest BCUT2D eigenvalue weighted by Gasteiger charge is -2.46. The molecule has 0 aromatic heterocycles. The molecule has 0 radical (unpaired) electrons. The molecule has 0 bridgehead atoms. The third-order valence-corrected chi connectivity index (χ3v) is 6.15. The highest BCUT2D eigenvalue weighted by atomic mass is 19.1. The van der Waals surface area contributed by atoms with Gasteiger partial charge in [-0.25, -0.2) is 4.39 Å². The van der Waals surface area contributed by atoms with Gasteiger partial charge in [-0.1, -0.05) is 19.8 Å². The van der Waals surface area contributed by atoms with Gasteiger partial charge in [0.05, 0.1) is 0 Å². The van der Waals surface area contributed by atoms with Crippen LogP contribution in [0.2, 0.25) is 0 Å². The molecule has 1 heterocycles. The molecule has 2 fully saturated rings. The summed E-state index contributed by atoms with van der Waals surface area (Å²) in [6, 6.07) is 5.91. The van der Waals surface area contributed by atoms with Crippen molar-refractivity contribution in [2.45, 2.75) is 58.3 Å². The Bertz CT molecular complexity index is 545. The van der Waals surface area contributed by atoms with Gasteiger partial charge in [-0.05, 0) is 87.3 Å². The number of halogens is 1. The first kappa shape index (κ1) is 17.6. The first-order valence-corrected chi connectivity index (χ1v) is 9.57. The summed E-state index contributed by atoms with van der Waals surface area (Å²) in [7, 11) is 0. The average Bonchev–Trinajstić information content (AvgIpc) is 2.57. The normalized spacial score (nSPS) is 24.2. The van der Waals surface area contributed by atoms with Crippen LogP contribution in [0.1, 0.15) is 68.6 Å². The van der Waals surface area contributed by atoms with Crippen LogP contribution < -0.4 is 0 Å². The molecular formula is C21H30FNO. The van der Waals surface area contributed by atoms with Gasteiger partial charge in [0.1, 0.15) is 5.82 Å². The molecule has 1 atom stereocenters. The molecular weight excluding hydrogens is 301 g/mol. The highest BCUT2D eigenvalue weighted by molar-refractivity contribution is 5.95. The van der Waals surface area contributed by atoms with E-state index >= 15 is 0 Å². The highest BCUT2D eigenvalue weighted by Gasteiger charge is 2.37.